The van der Waals surface area contributed by atoms with Crippen molar-refractivity contribution in [1.82, 2.24) is 0 Å². The van der Waals surface area contributed by atoms with Gasteiger partial charge in [-0.3, -0.25) is 4.79 Å². The molecule has 0 atom stereocenters. The largest absolute Gasteiger partial charge is 0.471 e. The summed E-state index contributed by atoms with van der Waals surface area (Å²) in [5.74, 6) is -1.95. The van der Waals surface area contributed by atoms with Crippen molar-refractivity contribution < 1.29 is 27.6 Å². The van der Waals surface area contributed by atoms with Gasteiger partial charge in [-0.25, -0.2) is 0 Å². The van der Waals surface area contributed by atoms with E-state index in [1.54, 1.807) is 12.1 Å². The predicted octanol–water partition coefficient (Wildman–Crippen LogP) is 0.603. The van der Waals surface area contributed by atoms with E-state index in [2.05, 4.69) is 0 Å². The highest BCUT2D eigenvalue weighted by atomic mass is 19.4. The minimum absolute atomic E-state index is 0.146. The summed E-state index contributed by atoms with van der Waals surface area (Å²) in [5, 5.41) is 1.82. The van der Waals surface area contributed by atoms with E-state index in [-0.39, 0.29) is 5.69 Å². The lowest BCUT2D eigenvalue weighted by Crippen LogP contribution is -3.12. The van der Waals surface area contributed by atoms with Crippen LogP contribution >= 0.6 is 0 Å². The molecule has 0 bridgehead atoms. The Labute approximate surface area is 114 Å². The minimum Gasteiger partial charge on any atom is -0.370 e. The quantitative estimate of drug-likeness (QED) is 0.856. The average molecular weight is 289 g/mol. The molecular formula is C13H16F3N2O2+. The van der Waals surface area contributed by atoms with Crippen molar-refractivity contribution >= 4 is 11.6 Å². The maximum absolute atomic E-state index is 12.1. The van der Waals surface area contributed by atoms with Crippen molar-refractivity contribution in [1.29, 1.82) is 0 Å². The summed E-state index contributed by atoms with van der Waals surface area (Å²) in [6, 6.07) is 6.43. The Kier molecular flexibility index (Phi) is 4.61. The van der Waals surface area contributed by atoms with E-state index in [4.69, 9.17) is 4.74 Å². The summed E-state index contributed by atoms with van der Waals surface area (Å²) in [7, 11) is 0. The van der Waals surface area contributed by atoms with E-state index in [9.17, 15) is 18.0 Å². The lowest BCUT2D eigenvalue weighted by molar-refractivity contribution is -0.921. The van der Waals surface area contributed by atoms with E-state index in [0.29, 0.717) is 0 Å². The third-order valence-electron chi connectivity index (χ3n) is 3.12. The van der Waals surface area contributed by atoms with Crippen LogP contribution in [0, 0.1) is 0 Å². The minimum atomic E-state index is -4.86. The molecule has 1 fully saturated rings. The number of hydrogen-bond acceptors (Lipinski definition) is 2. The second kappa shape index (κ2) is 6.23. The first-order chi connectivity index (χ1) is 9.45. The number of morpholine rings is 1. The Morgan fingerprint density at radius 3 is 2.35 bits per heavy atom. The fraction of sp³-hybridized carbons (Fsp3) is 0.462. The second-order valence-electron chi connectivity index (χ2n) is 4.69. The Balaban J connectivity index is 1.91. The van der Waals surface area contributed by atoms with Gasteiger partial charge in [0.25, 0.3) is 0 Å². The van der Waals surface area contributed by atoms with Crippen molar-refractivity contribution in [2.75, 3.05) is 31.6 Å². The number of alkyl halides is 3. The van der Waals surface area contributed by atoms with Crippen molar-refractivity contribution in [2.24, 2.45) is 0 Å². The number of benzene rings is 1. The first-order valence-corrected chi connectivity index (χ1v) is 6.33. The van der Waals surface area contributed by atoms with E-state index >= 15 is 0 Å². The van der Waals surface area contributed by atoms with Gasteiger partial charge < -0.3 is 15.0 Å². The van der Waals surface area contributed by atoms with Crippen LogP contribution in [0.25, 0.3) is 0 Å². The highest BCUT2D eigenvalue weighted by Gasteiger charge is 2.38. The smallest absolute Gasteiger partial charge is 0.370 e. The fourth-order valence-corrected chi connectivity index (χ4v) is 2.03. The molecule has 0 aromatic heterocycles. The normalized spacial score (nSPS) is 16.9. The Morgan fingerprint density at radius 1 is 1.20 bits per heavy atom. The van der Waals surface area contributed by atoms with Gasteiger partial charge in [-0.2, -0.15) is 13.2 Å². The number of carbonyl (C=O) groups excluding carboxylic acids is 1. The van der Waals surface area contributed by atoms with Crippen molar-refractivity contribution in [3.8, 4) is 0 Å². The molecule has 1 heterocycles. The number of rotatable bonds is 3. The van der Waals surface area contributed by atoms with Crippen LogP contribution in [0.5, 0.6) is 0 Å². The van der Waals surface area contributed by atoms with E-state index < -0.39 is 12.1 Å². The monoisotopic (exact) mass is 289 g/mol. The molecule has 2 rings (SSSR count). The third kappa shape index (κ3) is 4.21. The average Bonchev–Trinajstić information content (AvgIpc) is 2.41. The van der Waals surface area contributed by atoms with Crippen LogP contribution in [0.3, 0.4) is 0 Å². The Morgan fingerprint density at radius 2 is 1.80 bits per heavy atom. The van der Waals surface area contributed by atoms with Gasteiger partial charge in [0.2, 0.25) is 0 Å². The van der Waals surface area contributed by atoms with Gasteiger partial charge in [-0.15, -0.1) is 0 Å². The molecular weight excluding hydrogens is 273 g/mol. The number of quaternary nitrogens is 1. The van der Waals surface area contributed by atoms with Gasteiger partial charge in [-0.05, 0) is 12.1 Å². The van der Waals surface area contributed by atoms with Crippen LogP contribution in [0.4, 0.5) is 18.9 Å². The molecule has 4 nitrogen and oxygen atoms in total. The van der Waals surface area contributed by atoms with Crippen molar-refractivity contribution in [2.45, 2.75) is 12.7 Å². The molecule has 110 valence electrons. The predicted molar refractivity (Wildman–Crippen MR) is 66.3 cm³/mol. The molecule has 1 amide bonds. The van der Waals surface area contributed by atoms with Crippen LogP contribution in [0.2, 0.25) is 0 Å². The van der Waals surface area contributed by atoms with Gasteiger partial charge in [0.05, 0.1) is 13.2 Å². The summed E-state index contributed by atoms with van der Waals surface area (Å²) < 4.78 is 41.5. The lowest BCUT2D eigenvalue weighted by atomic mass is 10.2. The van der Waals surface area contributed by atoms with Gasteiger partial charge >= 0.3 is 12.1 Å². The second-order valence-corrected chi connectivity index (χ2v) is 4.69. The highest BCUT2D eigenvalue weighted by Crippen LogP contribution is 2.18. The first-order valence-electron chi connectivity index (χ1n) is 6.33. The molecule has 0 unspecified atom stereocenters. The number of anilines is 1. The molecule has 0 aliphatic carbocycles. The Bertz CT molecular complexity index is 454. The summed E-state index contributed by atoms with van der Waals surface area (Å²) in [5.41, 5.74) is 1.17. The first kappa shape index (κ1) is 14.8. The van der Waals surface area contributed by atoms with Crippen LogP contribution < -0.4 is 10.2 Å². The zero-order chi connectivity index (χ0) is 14.6. The van der Waals surface area contributed by atoms with Crippen LogP contribution in [0.15, 0.2) is 24.3 Å². The molecule has 0 radical (unpaired) electrons. The molecule has 0 spiro atoms. The number of hydrogen-bond donors (Lipinski definition) is 2. The number of ether oxygens (including phenoxy) is 1. The maximum Gasteiger partial charge on any atom is 0.471 e. The van der Waals surface area contributed by atoms with Gasteiger partial charge in [0.1, 0.15) is 19.6 Å². The van der Waals surface area contributed by atoms with Crippen molar-refractivity contribution in [3.05, 3.63) is 29.8 Å². The van der Waals surface area contributed by atoms with Gasteiger partial charge in [-0.1, -0.05) is 12.1 Å². The molecule has 1 saturated heterocycles. The molecule has 0 saturated carbocycles. The summed E-state index contributed by atoms with van der Waals surface area (Å²) in [6.45, 7) is 4.11. The SMILES string of the molecule is O=C(Nc1ccc(C[NH+]2CCOCC2)cc1)C(F)(F)F. The van der Waals surface area contributed by atoms with Crippen LogP contribution in [-0.4, -0.2) is 38.4 Å². The van der Waals surface area contributed by atoms with Gasteiger partial charge in [0, 0.05) is 11.3 Å². The number of carbonyl (C=O) groups is 1. The Hall–Kier alpha value is -1.60. The number of amides is 1. The summed E-state index contributed by atoms with van der Waals surface area (Å²) >= 11 is 0. The zero-order valence-electron chi connectivity index (χ0n) is 10.8. The number of nitrogens with one attached hydrogen (secondary N) is 2. The molecule has 1 aromatic carbocycles. The van der Waals surface area contributed by atoms with E-state index in [0.717, 1.165) is 38.4 Å². The molecule has 1 aliphatic rings. The molecule has 1 aliphatic heterocycles. The maximum atomic E-state index is 12.1. The molecule has 20 heavy (non-hydrogen) atoms. The molecule has 1 aromatic rings. The van der Waals surface area contributed by atoms with Crippen LogP contribution in [-0.2, 0) is 16.1 Å². The topological polar surface area (TPSA) is 42.8 Å². The fourth-order valence-electron chi connectivity index (χ4n) is 2.03. The van der Waals surface area contributed by atoms with Crippen molar-refractivity contribution in [3.63, 3.8) is 0 Å². The number of halogens is 3. The lowest BCUT2D eigenvalue weighted by Gasteiger charge is -2.23. The van der Waals surface area contributed by atoms with Gasteiger partial charge in [0.15, 0.2) is 0 Å². The third-order valence-corrected chi connectivity index (χ3v) is 3.12. The summed E-state index contributed by atoms with van der Waals surface area (Å²) in [4.78, 5) is 12.2. The highest BCUT2D eigenvalue weighted by molar-refractivity contribution is 5.94. The summed E-state index contributed by atoms with van der Waals surface area (Å²) in [6.07, 6.45) is -4.86. The molecule has 7 heteroatoms. The standard InChI is InChI=1S/C13H15F3N2O2/c14-13(15,16)12(19)17-11-3-1-10(2-4-11)9-18-5-7-20-8-6-18/h1-4H,5-9H2,(H,17,19)/p+1. The zero-order valence-corrected chi connectivity index (χ0v) is 10.8. The van der Waals surface area contributed by atoms with Crippen LogP contribution in [0.1, 0.15) is 5.56 Å². The van der Waals surface area contributed by atoms with E-state index in [1.165, 1.54) is 17.0 Å². The molecule has 2 N–H and O–H groups in total. The van der Waals surface area contributed by atoms with E-state index in [1.807, 2.05) is 5.32 Å².